The zero-order valence-electron chi connectivity index (χ0n) is 27.8. The molecule has 0 heterocycles. The summed E-state index contributed by atoms with van der Waals surface area (Å²) < 4.78 is 23.6. The van der Waals surface area contributed by atoms with E-state index >= 15 is 0 Å². The molecule has 4 heteroatoms. The fraction of sp³-hybridized carbons (Fsp3) is 1.00. The van der Waals surface area contributed by atoms with E-state index in [0.29, 0.717) is 30.8 Å². The fourth-order valence-corrected chi connectivity index (χ4v) is 3.04. The average Bonchev–Trinajstić information content (AvgIpc) is 2.73. The molecule has 0 saturated carbocycles. The largest absolute Gasteiger partial charge is 0.376 e. The highest BCUT2D eigenvalue weighted by atomic mass is 16.6. The van der Waals surface area contributed by atoms with Crippen LogP contribution in [-0.2, 0) is 18.9 Å². The van der Waals surface area contributed by atoms with Gasteiger partial charge in [-0.2, -0.15) is 0 Å². The summed E-state index contributed by atoms with van der Waals surface area (Å²) in [6.45, 7) is 36.5. The van der Waals surface area contributed by atoms with E-state index in [4.69, 9.17) is 18.9 Å². The molecule has 0 unspecified atom stereocenters. The van der Waals surface area contributed by atoms with Crippen LogP contribution in [0.3, 0.4) is 0 Å². The molecule has 0 rings (SSSR count). The second-order valence-corrected chi connectivity index (χ2v) is 13.5. The molecule has 0 saturated heterocycles. The van der Waals surface area contributed by atoms with Gasteiger partial charge in [0.15, 0.2) is 0 Å². The van der Waals surface area contributed by atoms with E-state index in [-0.39, 0.29) is 17.3 Å². The molecule has 0 radical (unpaired) electrons. The molecule has 0 aliphatic rings. The first kappa shape index (κ1) is 40.3. The van der Waals surface area contributed by atoms with Gasteiger partial charge in [-0.25, -0.2) is 0 Å². The molecule has 0 aliphatic carbocycles. The Balaban J connectivity index is -0.000000566. The van der Waals surface area contributed by atoms with Crippen LogP contribution in [-0.4, -0.2) is 49.3 Å². The summed E-state index contributed by atoms with van der Waals surface area (Å²) in [7, 11) is 0. The highest BCUT2D eigenvalue weighted by molar-refractivity contribution is 4.68. The van der Waals surface area contributed by atoms with E-state index < -0.39 is 0 Å². The SMILES string of the molecule is CC(C)(C)C.CCC(CC)COC(C)(C)C.CCC(CC)OCC(COC(CC)CC)OC(C)(C)C. The van der Waals surface area contributed by atoms with Gasteiger partial charge in [-0.05, 0) is 78.6 Å². The van der Waals surface area contributed by atoms with Gasteiger partial charge in [0, 0.05) is 0 Å². The predicted octanol–water partition coefficient (Wildman–Crippen LogP) is 9.87. The molecular weight excluding hydrogens is 448 g/mol. The number of rotatable bonds is 15. The van der Waals surface area contributed by atoms with Crippen LogP contribution in [0.25, 0.3) is 0 Å². The number of hydrogen-bond donors (Lipinski definition) is 0. The van der Waals surface area contributed by atoms with E-state index in [1.54, 1.807) is 0 Å². The van der Waals surface area contributed by atoms with Crippen molar-refractivity contribution in [2.24, 2.45) is 11.3 Å². The Morgan fingerprint density at radius 3 is 1.00 bits per heavy atom. The zero-order valence-corrected chi connectivity index (χ0v) is 27.8. The molecule has 36 heavy (non-hydrogen) atoms. The van der Waals surface area contributed by atoms with Crippen molar-refractivity contribution in [3.8, 4) is 0 Å². The standard InChI is InChI=1S/C17H36O3.C10H22O.C5H12/c1-8-14(9-2)18-12-16(20-17(5,6)7)13-19-15(10-3)11-4;1-6-9(7-2)8-11-10(3,4)5;1-5(2,3)4/h14-16H,8-13H2,1-7H3;9H,6-8H2,1-5H3;1-4H3. The van der Waals surface area contributed by atoms with Gasteiger partial charge >= 0.3 is 0 Å². The minimum Gasteiger partial charge on any atom is -0.376 e. The summed E-state index contributed by atoms with van der Waals surface area (Å²) >= 11 is 0. The van der Waals surface area contributed by atoms with Gasteiger partial charge in [-0.3, -0.25) is 0 Å². The van der Waals surface area contributed by atoms with Gasteiger partial charge in [0.25, 0.3) is 0 Å². The van der Waals surface area contributed by atoms with Gasteiger partial charge in [-0.15, -0.1) is 0 Å². The topological polar surface area (TPSA) is 36.9 Å². The minimum absolute atomic E-state index is 0.0104. The van der Waals surface area contributed by atoms with Crippen molar-refractivity contribution in [2.45, 2.75) is 179 Å². The Morgan fingerprint density at radius 1 is 0.444 bits per heavy atom. The Labute approximate surface area is 229 Å². The van der Waals surface area contributed by atoms with Gasteiger partial charge in [-0.1, -0.05) is 82.1 Å². The molecule has 4 nitrogen and oxygen atoms in total. The van der Waals surface area contributed by atoms with E-state index in [2.05, 4.69) is 111 Å². The molecule has 0 N–H and O–H groups in total. The fourth-order valence-electron chi connectivity index (χ4n) is 3.04. The highest BCUT2D eigenvalue weighted by Gasteiger charge is 2.21. The van der Waals surface area contributed by atoms with Crippen molar-refractivity contribution in [3.63, 3.8) is 0 Å². The molecule has 0 atom stereocenters. The van der Waals surface area contributed by atoms with Crippen molar-refractivity contribution in [3.05, 3.63) is 0 Å². The van der Waals surface area contributed by atoms with Crippen molar-refractivity contribution < 1.29 is 18.9 Å². The summed E-state index contributed by atoms with van der Waals surface area (Å²) in [5.74, 6) is 0.745. The first-order valence-corrected chi connectivity index (χ1v) is 14.9. The van der Waals surface area contributed by atoms with Gasteiger partial charge in [0.05, 0.1) is 43.2 Å². The average molecular weight is 519 g/mol. The summed E-state index contributed by atoms with van der Waals surface area (Å²) in [6.07, 6.45) is 7.31. The van der Waals surface area contributed by atoms with Crippen LogP contribution in [0.15, 0.2) is 0 Å². The molecule has 0 fully saturated rings. The Bertz CT molecular complexity index is 422. The van der Waals surface area contributed by atoms with E-state index in [0.717, 1.165) is 38.2 Å². The lowest BCUT2D eigenvalue weighted by molar-refractivity contribution is -0.138. The quantitative estimate of drug-likeness (QED) is 0.216. The van der Waals surface area contributed by atoms with Crippen LogP contribution in [0, 0.1) is 11.3 Å². The number of ether oxygens (including phenoxy) is 4. The van der Waals surface area contributed by atoms with Gasteiger partial charge in [0.1, 0.15) is 6.10 Å². The molecular formula is C32H70O4. The third kappa shape index (κ3) is 33.8. The highest BCUT2D eigenvalue weighted by Crippen LogP contribution is 2.16. The van der Waals surface area contributed by atoms with Crippen LogP contribution < -0.4 is 0 Å². The maximum absolute atomic E-state index is 6.07. The second kappa shape index (κ2) is 21.7. The molecule has 0 aromatic rings. The van der Waals surface area contributed by atoms with Gasteiger partial charge in [0.2, 0.25) is 0 Å². The summed E-state index contributed by atoms with van der Waals surface area (Å²) in [4.78, 5) is 0. The number of hydrogen-bond acceptors (Lipinski definition) is 4. The van der Waals surface area contributed by atoms with E-state index in [1.807, 2.05) is 0 Å². The Hall–Kier alpha value is -0.160. The molecule has 0 aliphatic heterocycles. The first-order chi connectivity index (χ1) is 16.3. The van der Waals surface area contributed by atoms with E-state index in [1.165, 1.54) is 12.8 Å². The van der Waals surface area contributed by atoms with Crippen molar-refractivity contribution in [1.29, 1.82) is 0 Å². The predicted molar refractivity (Wildman–Crippen MR) is 160 cm³/mol. The van der Waals surface area contributed by atoms with E-state index in [9.17, 15) is 0 Å². The molecule has 0 spiro atoms. The molecule has 0 bridgehead atoms. The summed E-state index contributed by atoms with van der Waals surface area (Å²) in [5.41, 5.74) is 0.363. The maximum Gasteiger partial charge on any atom is 0.105 e. The molecule has 0 aromatic heterocycles. The second-order valence-electron chi connectivity index (χ2n) is 13.5. The molecule has 0 aromatic carbocycles. The lowest BCUT2D eigenvalue weighted by Crippen LogP contribution is -2.36. The van der Waals surface area contributed by atoms with Crippen LogP contribution in [0.4, 0.5) is 0 Å². The van der Waals surface area contributed by atoms with Crippen LogP contribution in [0.2, 0.25) is 0 Å². The van der Waals surface area contributed by atoms with Crippen molar-refractivity contribution in [2.75, 3.05) is 19.8 Å². The monoisotopic (exact) mass is 519 g/mol. The summed E-state index contributed by atoms with van der Waals surface area (Å²) in [6, 6.07) is 0. The zero-order chi connectivity index (χ0) is 29.0. The molecule has 0 amide bonds. The minimum atomic E-state index is -0.167. The first-order valence-electron chi connectivity index (χ1n) is 14.9. The van der Waals surface area contributed by atoms with Crippen LogP contribution >= 0.6 is 0 Å². The van der Waals surface area contributed by atoms with Gasteiger partial charge < -0.3 is 18.9 Å². The Kier molecular flexibility index (Phi) is 24.4. The summed E-state index contributed by atoms with van der Waals surface area (Å²) in [5, 5.41) is 0. The smallest absolute Gasteiger partial charge is 0.105 e. The third-order valence-corrected chi connectivity index (χ3v) is 5.28. The normalized spacial score (nSPS) is 12.7. The maximum atomic E-state index is 6.07. The van der Waals surface area contributed by atoms with Crippen LogP contribution in [0.1, 0.15) is 149 Å². The molecule has 222 valence electrons. The Morgan fingerprint density at radius 2 is 0.778 bits per heavy atom. The van der Waals surface area contributed by atoms with Crippen molar-refractivity contribution in [1.82, 2.24) is 0 Å². The van der Waals surface area contributed by atoms with Crippen LogP contribution in [0.5, 0.6) is 0 Å². The lowest BCUT2D eigenvalue weighted by Gasteiger charge is -2.29. The third-order valence-electron chi connectivity index (χ3n) is 5.28. The van der Waals surface area contributed by atoms with Crippen molar-refractivity contribution >= 4 is 0 Å². The lowest BCUT2D eigenvalue weighted by atomic mass is 10.0.